The van der Waals surface area contributed by atoms with Gasteiger partial charge in [-0.2, -0.15) is 0 Å². The van der Waals surface area contributed by atoms with E-state index in [4.69, 9.17) is 0 Å². The van der Waals surface area contributed by atoms with Crippen molar-refractivity contribution in [3.63, 3.8) is 0 Å². The molecule has 28 heteroatoms. The van der Waals surface area contributed by atoms with Crippen LogP contribution in [0.3, 0.4) is 0 Å². The molecule has 0 aromatic rings. The summed E-state index contributed by atoms with van der Waals surface area (Å²) in [5.41, 5.74) is 0. The van der Waals surface area contributed by atoms with E-state index in [0.29, 0.717) is 0 Å². The Labute approximate surface area is 447 Å². The summed E-state index contributed by atoms with van der Waals surface area (Å²) in [5, 5.41) is 133. The molecule has 0 aliphatic carbocycles. The van der Waals surface area contributed by atoms with Crippen LogP contribution in [-0.2, 0) is 28.8 Å². The molecule has 0 bridgehead atoms. The van der Waals surface area contributed by atoms with Gasteiger partial charge in [-0.05, 0) is 12.8 Å². The van der Waals surface area contributed by atoms with E-state index in [1.165, 1.54) is 29.4 Å². The first-order valence-corrected chi connectivity index (χ1v) is 21.2. The second-order valence-corrected chi connectivity index (χ2v) is 16.0. The van der Waals surface area contributed by atoms with Crippen molar-refractivity contribution in [1.82, 2.24) is 39.2 Å². The fourth-order valence-electron chi connectivity index (χ4n) is 8.12. The van der Waals surface area contributed by atoms with Gasteiger partial charge in [0.1, 0.15) is 0 Å². The summed E-state index contributed by atoms with van der Waals surface area (Å²) in [6, 6.07) is -5.09. The maximum atomic E-state index is 12.9. The molecule has 2 saturated heterocycles. The Morgan fingerprint density at radius 2 is 0.576 bits per heavy atom. The van der Waals surface area contributed by atoms with Gasteiger partial charge in [-0.1, -0.05) is 0 Å². The number of hydrogen-bond donors (Lipinski definition) is 6. The number of nitrogens with zero attached hydrogens (tertiary/aromatic N) is 8. The van der Waals surface area contributed by atoms with Gasteiger partial charge in [0.05, 0.1) is 86.5 Å². The molecule has 66 heavy (non-hydrogen) atoms. The van der Waals surface area contributed by atoms with E-state index < -0.39 is 138 Å². The summed E-state index contributed by atoms with van der Waals surface area (Å²) in [6.45, 7) is -6.20. The Morgan fingerprint density at radius 3 is 0.742 bits per heavy atom. The number of aliphatic carboxylic acids is 6. The molecular formula is C38H64Gd2N8O18. The number of carboxylic acid groups (broad SMARTS) is 6. The molecule has 0 amide bonds. The predicted octanol–water partition coefficient (Wildman–Crippen LogP) is -15.1. The molecule has 2 rings (SSSR count). The third kappa shape index (κ3) is 24.2. The molecule has 2 fully saturated rings. The van der Waals surface area contributed by atoms with E-state index >= 15 is 0 Å². The summed E-state index contributed by atoms with van der Waals surface area (Å²) in [5.74, 6) is -9.15. The van der Waals surface area contributed by atoms with Crippen molar-refractivity contribution < 1.29 is 170 Å². The molecule has 380 valence electrons. The van der Waals surface area contributed by atoms with Gasteiger partial charge in [0.2, 0.25) is 0 Å². The van der Waals surface area contributed by atoms with Gasteiger partial charge < -0.3 is 90.0 Å². The van der Waals surface area contributed by atoms with Crippen LogP contribution in [0, 0.1) is 79.9 Å². The van der Waals surface area contributed by atoms with Crippen LogP contribution in [0.25, 0.3) is 0 Å². The smallest absolute Gasteiger partial charge is 0.549 e. The fraction of sp³-hybridized carbons (Fsp3) is 0.842. The Bertz CT molecular complexity index is 1300. The molecule has 6 N–H and O–H groups in total. The number of aliphatic hydroxyl groups is 6. The van der Waals surface area contributed by atoms with Crippen LogP contribution >= 0.6 is 0 Å². The monoisotopic (exact) mass is 1240 g/mol. The summed E-state index contributed by atoms with van der Waals surface area (Å²) in [6.07, 6.45) is -3.61. The second-order valence-electron chi connectivity index (χ2n) is 16.0. The van der Waals surface area contributed by atoms with Crippen LogP contribution in [0.4, 0.5) is 0 Å². The summed E-state index contributed by atoms with van der Waals surface area (Å²) >= 11 is 0. The van der Waals surface area contributed by atoms with Gasteiger partial charge in [-0.15, -0.1) is 0 Å². The van der Waals surface area contributed by atoms with Crippen molar-refractivity contribution >= 4 is 35.8 Å². The molecule has 0 aromatic heterocycles. The quantitative estimate of drug-likeness (QED) is 0.0553. The molecule has 26 nitrogen and oxygen atoms in total. The largest absolute Gasteiger partial charge is 3.00 e. The molecule has 0 aromatic carbocycles. The maximum absolute atomic E-state index is 12.9. The van der Waals surface area contributed by atoms with Gasteiger partial charge in [0.15, 0.2) is 0 Å². The van der Waals surface area contributed by atoms with Crippen LogP contribution in [-0.4, -0.2) is 299 Å². The van der Waals surface area contributed by atoms with Gasteiger partial charge in [-0.25, -0.2) is 0 Å². The Morgan fingerprint density at radius 1 is 0.364 bits per heavy atom. The van der Waals surface area contributed by atoms with Gasteiger partial charge in [0, 0.05) is 143 Å². The molecular weight excluding hydrogens is 1170 g/mol. The first-order valence-electron chi connectivity index (χ1n) is 21.2. The topological polar surface area (TPSA) is 388 Å². The minimum absolute atomic E-state index is 0. The molecule has 0 saturated carbocycles. The minimum Gasteiger partial charge on any atom is -0.549 e. The molecule has 0 spiro atoms. The number of carboxylic acids is 6. The van der Waals surface area contributed by atoms with Crippen LogP contribution < -0.4 is 30.6 Å². The third-order valence-corrected chi connectivity index (χ3v) is 11.8. The molecule has 2 radical (unpaired) electrons. The summed E-state index contributed by atoms with van der Waals surface area (Å²) in [4.78, 5) is 84.3. The first-order chi connectivity index (χ1) is 30.3. The van der Waals surface area contributed by atoms with Crippen molar-refractivity contribution in [1.29, 1.82) is 0 Å². The Hall–Kier alpha value is -1.09. The van der Waals surface area contributed by atoms with E-state index in [1.54, 1.807) is 9.80 Å². The normalized spacial score (nSPS) is 21.4. The van der Waals surface area contributed by atoms with E-state index in [-0.39, 0.29) is 185 Å². The number of carbonyl (C=O) groups excluding carboxylic acids is 6. The van der Waals surface area contributed by atoms with Crippen molar-refractivity contribution in [3.05, 3.63) is 0 Å². The zero-order chi connectivity index (χ0) is 47.9. The summed E-state index contributed by atoms with van der Waals surface area (Å²) < 4.78 is 0. The van der Waals surface area contributed by atoms with Gasteiger partial charge in [0.25, 0.3) is 0 Å². The average molecular weight is 1240 g/mol. The molecule has 2 heterocycles. The third-order valence-electron chi connectivity index (χ3n) is 11.8. The SMILES string of the molecule is O=C([O-])CN1CCN(C(CCC(C(=O)[O-])N2CCN(CC(=O)[O-])CCN(C(CO)C(O)CO)CCN(CC(=O)[O-])CC2)C(=O)[O-])CCN(CC(=O)[O-])CCN(C(CO)C(O)CO)CC1.[Gd+3].[Gd+3]. The van der Waals surface area contributed by atoms with E-state index in [9.17, 15) is 90.0 Å². The van der Waals surface area contributed by atoms with Crippen LogP contribution in [0.1, 0.15) is 12.8 Å². The zero-order valence-corrected chi connectivity index (χ0v) is 41.3. The van der Waals surface area contributed by atoms with Crippen molar-refractivity contribution in [2.24, 2.45) is 0 Å². The molecule has 6 unspecified atom stereocenters. The summed E-state index contributed by atoms with van der Waals surface area (Å²) in [7, 11) is 0. The van der Waals surface area contributed by atoms with Crippen LogP contribution in [0.2, 0.25) is 0 Å². The molecule has 6 atom stereocenters. The van der Waals surface area contributed by atoms with Gasteiger partial charge in [-0.3, -0.25) is 39.2 Å². The minimum atomic E-state index is -1.64. The van der Waals surface area contributed by atoms with Gasteiger partial charge >= 0.3 is 79.9 Å². The Balaban J connectivity index is 0.0000211. The van der Waals surface area contributed by atoms with Crippen LogP contribution in [0.5, 0.6) is 0 Å². The van der Waals surface area contributed by atoms with Crippen molar-refractivity contribution in [3.8, 4) is 0 Å². The first kappa shape index (κ1) is 64.9. The van der Waals surface area contributed by atoms with E-state index in [0.717, 1.165) is 0 Å². The predicted molar refractivity (Wildman–Crippen MR) is 207 cm³/mol. The second kappa shape index (κ2) is 35.1. The number of aliphatic hydroxyl groups excluding tert-OH is 6. The number of hydrogen-bond acceptors (Lipinski definition) is 26. The van der Waals surface area contributed by atoms with Crippen molar-refractivity contribution in [2.45, 2.75) is 49.2 Å². The number of carbonyl (C=O) groups is 6. The zero-order valence-electron chi connectivity index (χ0n) is 36.7. The maximum Gasteiger partial charge on any atom is 3.00 e. The average Bonchev–Trinajstić information content (AvgIpc) is 3.21. The number of rotatable bonds is 23. The standard InChI is InChI=1S/C38H70N8O18.2Gd/c47-23-29(31(51)25-49)45-15-7-39(19-33(53)54)3-11-43(12-4-40(8-16-45)20-34(55)56)27(37(61)62)1-2-28(38(63)64)44-13-5-41(21-35(57)58)9-17-46(30(24-48)32(52)26-50)18-10-42(6-14-44)22-36(59)60;;/h27-32,47-52H,1-26H2,(H,53,54)(H,55,56)(H,57,58)(H,59,60)(H,61,62)(H,63,64);;/q;2*+3/p-6. The van der Waals surface area contributed by atoms with Crippen LogP contribution in [0.15, 0.2) is 0 Å². The molecule has 2 aliphatic rings. The van der Waals surface area contributed by atoms with Crippen molar-refractivity contribution in [2.75, 3.05) is 157 Å². The fourth-order valence-corrected chi connectivity index (χ4v) is 8.12. The Kier molecular flexibility index (Phi) is 34.5. The van der Waals surface area contributed by atoms with E-state index in [1.807, 2.05) is 0 Å². The van der Waals surface area contributed by atoms with E-state index in [2.05, 4.69) is 0 Å². The molecule has 2 aliphatic heterocycles.